The molecule has 2 N–H and O–H groups in total. The second kappa shape index (κ2) is 8.50. The van der Waals surface area contributed by atoms with Crippen LogP contribution in [0.3, 0.4) is 0 Å². The first-order chi connectivity index (χ1) is 15.6. The Bertz CT molecular complexity index is 1170. The highest BCUT2D eigenvalue weighted by molar-refractivity contribution is 6.05. The maximum absolute atomic E-state index is 12.9. The molecule has 0 unspecified atom stereocenters. The molecule has 1 fully saturated rings. The predicted molar refractivity (Wildman–Crippen MR) is 128 cm³/mol. The maximum atomic E-state index is 12.9. The van der Waals surface area contributed by atoms with Gasteiger partial charge >= 0.3 is 0 Å². The lowest BCUT2D eigenvalue weighted by atomic mass is 9.99. The normalized spacial score (nSPS) is 15.1. The number of nitrogens with zero attached hydrogens (tertiary/aromatic N) is 1. The van der Waals surface area contributed by atoms with Crippen LogP contribution in [0.25, 0.3) is 0 Å². The lowest BCUT2D eigenvalue weighted by molar-refractivity contribution is -0.117. The third kappa shape index (κ3) is 4.37. The van der Waals surface area contributed by atoms with Crippen LogP contribution in [0.2, 0.25) is 0 Å². The molecule has 0 atom stereocenters. The summed E-state index contributed by atoms with van der Waals surface area (Å²) >= 11 is 0. The van der Waals surface area contributed by atoms with Crippen LogP contribution < -0.4 is 15.5 Å². The Morgan fingerprint density at radius 2 is 1.66 bits per heavy atom. The number of rotatable bonds is 5. The zero-order chi connectivity index (χ0) is 22.1. The van der Waals surface area contributed by atoms with Crippen LogP contribution >= 0.6 is 0 Å². The molecule has 1 saturated carbocycles. The van der Waals surface area contributed by atoms with E-state index in [9.17, 15) is 9.59 Å². The van der Waals surface area contributed by atoms with Crippen LogP contribution in [0, 0.1) is 12.8 Å². The van der Waals surface area contributed by atoms with Crippen molar-refractivity contribution in [1.29, 1.82) is 0 Å². The quantitative estimate of drug-likeness (QED) is 0.594. The third-order valence-electron chi connectivity index (χ3n) is 6.33. The van der Waals surface area contributed by atoms with E-state index in [1.54, 1.807) is 0 Å². The fourth-order valence-corrected chi connectivity index (χ4v) is 4.16. The Morgan fingerprint density at radius 1 is 0.906 bits per heavy atom. The van der Waals surface area contributed by atoms with Gasteiger partial charge in [0, 0.05) is 41.6 Å². The topological polar surface area (TPSA) is 61.4 Å². The fraction of sp³-hybridized carbons (Fsp3) is 0.259. The zero-order valence-corrected chi connectivity index (χ0v) is 18.2. The predicted octanol–water partition coefficient (Wildman–Crippen LogP) is 5.16. The molecule has 0 bridgehead atoms. The van der Waals surface area contributed by atoms with Gasteiger partial charge in [-0.1, -0.05) is 30.3 Å². The second-order valence-electron chi connectivity index (χ2n) is 8.73. The molecule has 0 aromatic heterocycles. The highest BCUT2D eigenvalue weighted by Gasteiger charge is 2.29. The summed E-state index contributed by atoms with van der Waals surface area (Å²) in [6.07, 6.45) is 2.95. The molecule has 32 heavy (non-hydrogen) atoms. The van der Waals surface area contributed by atoms with Gasteiger partial charge in [-0.05, 0) is 79.3 Å². The standard InChI is InChI=1S/C27H27N3O2/c1-18-6-11-23(28-26(31)20-7-8-20)16-25(18)29-27(32)21-9-12-24(13-10-21)30-15-14-19-4-2-3-5-22(19)17-30/h2-6,9-13,16,20H,7-8,14-15,17H2,1H3,(H,28,31)(H,29,32). The van der Waals surface area contributed by atoms with Gasteiger partial charge in [0.25, 0.3) is 5.91 Å². The molecule has 1 heterocycles. The first kappa shape index (κ1) is 20.3. The van der Waals surface area contributed by atoms with Crippen LogP contribution in [0.4, 0.5) is 17.1 Å². The Hall–Kier alpha value is -3.60. The largest absolute Gasteiger partial charge is 0.367 e. The molecule has 1 aliphatic heterocycles. The Balaban J connectivity index is 1.26. The molecule has 2 amide bonds. The Morgan fingerprint density at radius 3 is 2.41 bits per heavy atom. The summed E-state index contributed by atoms with van der Waals surface area (Å²) in [6.45, 7) is 3.81. The minimum atomic E-state index is -0.158. The van der Waals surface area contributed by atoms with Crippen LogP contribution in [0.1, 0.15) is 39.9 Å². The first-order valence-electron chi connectivity index (χ1n) is 11.2. The van der Waals surface area contributed by atoms with Gasteiger partial charge in [0.2, 0.25) is 5.91 Å². The minimum absolute atomic E-state index is 0.0575. The highest BCUT2D eigenvalue weighted by atomic mass is 16.2. The molecule has 3 aromatic rings. The second-order valence-corrected chi connectivity index (χ2v) is 8.73. The van der Waals surface area contributed by atoms with E-state index in [1.807, 2.05) is 49.4 Å². The molecule has 162 valence electrons. The number of amides is 2. The van der Waals surface area contributed by atoms with Gasteiger partial charge < -0.3 is 15.5 Å². The van der Waals surface area contributed by atoms with E-state index >= 15 is 0 Å². The summed E-state index contributed by atoms with van der Waals surface area (Å²) in [5, 5.41) is 5.93. The van der Waals surface area contributed by atoms with E-state index in [2.05, 4.69) is 39.8 Å². The van der Waals surface area contributed by atoms with Gasteiger partial charge in [0.1, 0.15) is 0 Å². The molecular weight excluding hydrogens is 398 g/mol. The van der Waals surface area contributed by atoms with Crippen molar-refractivity contribution >= 4 is 28.9 Å². The highest BCUT2D eigenvalue weighted by Crippen LogP contribution is 2.31. The van der Waals surface area contributed by atoms with E-state index in [4.69, 9.17) is 0 Å². The van der Waals surface area contributed by atoms with Crippen molar-refractivity contribution in [3.63, 3.8) is 0 Å². The van der Waals surface area contributed by atoms with Crippen molar-refractivity contribution in [3.8, 4) is 0 Å². The van der Waals surface area contributed by atoms with E-state index in [1.165, 1.54) is 11.1 Å². The summed E-state index contributed by atoms with van der Waals surface area (Å²) in [5.41, 5.74) is 6.89. The monoisotopic (exact) mass is 425 g/mol. The van der Waals surface area contributed by atoms with E-state index in [0.29, 0.717) is 16.9 Å². The number of hydrogen-bond donors (Lipinski definition) is 2. The molecule has 5 nitrogen and oxygen atoms in total. The van der Waals surface area contributed by atoms with Gasteiger partial charge in [0.15, 0.2) is 0 Å². The van der Waals surface area contributed by atoms with Gasteiger partial charge in [-0.25, -0.2) is 0 Å². The third-order valence-corrected chi connectivity index (χ3v) is 6.33. The number of carbonyl (C=O) groups excluding carboxylic acids is 2. The van der Waals surface area contributed by atoms with Crippen molar-refractivity contribution in [1.82, 2.24) is 0 Å². The SMILES string of the molecule is Cc1ccc(NC(=O)C2CC2)cc1NC(=O)c1ccc(N2CCc3ccccc3C2)cc1. The molecule has 1 aliphatic carbocycles. The smallest absolute Gasteiger partial charge is 0.255 e. The van der Waals surface area contributed by atoms with Crippen molar-refractivity contribution in [3.05, 3.63) is 89.0 Å². The Kier molecular flexibility index (Phi) is 5.39. The molecule has 5 rings (SSSR count). The van der Waals surface area contributed by atoms with Crippen molar-refractivity contribution in [2.45, 2.75) is 32.7 Å². The van der Waals surface area contributed by atoms with Gasteiger partial charge in [-0.2, -0.15) is 0 Å². The lowest BCUT2D eigenvalue weighted by Gasteiger charge is -2.30. The maximum Gasteiger partial charge on any atom is 0.255 e. The van der Waals surface area contributed by atoms with E-state index < -0.39 is 0 Å². The summed E-state index contributed by atoms with van der Waals surface area (Å²) in [6, 6.07) is 22.0. The van der Waals surface area contributed by atoms with Gasteiger partial charge in [0.05, 0.1) is 0 Å². The van der Waals surface area contributed by atoms with Crippen LogP contribution in [0.5, 0.6) is 0 Å². The minimum Gasteiger partial charge on any atom is -0.367 e. The summed E-state index contributed by atoms with van der Waals surface area (Å²) in [7, 11) is 0. The molecule has 2 aliphatic rings. The number of carbonyl (C=O) groups is 2. The average molecular weight is 426 g/mol. The van der Waals surface area contributed by atoms with Crippen LogP contribution in [0.15, 0.2) is 66.7 Å². The molecule has 5 heteroatoms. The van der Waals surface area contributed by atoms with Crippen molar-refractivity contribution in [2.24, 2.45) is 5.92 Å². The number of fused-ring (bicyclic) bond motifs is 1. The lowest BCUT2D eigenvalue weighted by Crippen LogP contribution is -2.30. The van der Waals surface area contributed by atoms with Gasteiger partial charge in [-0.15, -0.1) is 0 Å². The number of anilines is 3. The van der Waals surface area contributed by atoms with Crippen LogP contribution in [-0.4, -0.2) is 18.4 Å². The molecule has 0 radical (unpaired) electrons. The number of aryl methyl sites for hydroxylation is 1. The molecule has 0 spiro atoms. The first-order valence-corrected chi connectivity index (χ1v) is 11.2. The zero-order valence-electron chi connectivity index (χ0n) is 18.2. The number of nitrogens with one attached hydrogen (secondary N) is 2. The van der Waals surface area contributed by atoms with Crippen molar-refractivity contribution < 1.29 is 9.59 Å². The van der Waals surface area contributed by atoms with Crippen LogP contribution in [-0.2, 0) is 17.8 Å². The van der Waals surface area contributed by atoms with Crippen molar-refractivity contribution in [2.75, 3.05) is 22.1 Å². The number of hydrogen-bond acceptors (Lipinski definition) is 3. The summed E-state index contributed by atoms with van der Waals surface area (Å²) in [4.78, 5) is 27.2. The van der Waals surface area contributed by atoms with E-state index in [0.717, 1.165) is 43.6 Å². The summed E-state index contributed by atoms with van der Waals surface area (Å²) < 4.78 is 0. The molecular formula is C27H27N3O2. The molecule has 3 aromatic carbocycles. The van der Waals surface area contributed by atoms with Gasteiger partial charge in [-0.3, -0.25) is 9.59 Å². The molecule has 0 saturated heterocycles. The Labute approximate surface area is 188 Å². The van der Waals surface area contributed by atoms with E-state index in [-0.39, 0.29) is 17.7 Å². The summed E-state index contributed by atoms with van der Waals surface area (Å²) in [5.74, 6) is 0.0394. The average Bonchev–Trinajstić information content (AvgIpc) is 3.67. The fourth-order valence-electron chi connectivity index (χ4n) is 4.16. The number of benzene rings is 3.